The standard InChI is InChI=1S/C9H15ClF3NO3S/c1-8(2,18(3,16)17)7(15)14(5-4-10)6-9(11,12)13/h4-6H2,1-3H3. The van der Waals surface area contributed by atoms with E-state index in [2.05, 4.69) is 0 Å². The molecule has 4 nitrogen and oxygen atoms in total. The molecule has 108 valence electrons. The Morgan fingerprint density at radius 1 is 1.28 bits per heavy atom. The summed E-state index contributed by atoms with van der Waals surface area (Å²) in [6.07, 6.45) is -3.80. The molecule has 0 aliphatic carbocycles. The Bertz CT molecular complexity index is 406. The van der Waals surface area contributed by atoms with Crippen molar-refractivity contribution >= 4 is 27.3 Å². The SMILES string of the molecule is CC(C)(C(=O)N(CCCl)CC(F)(F)F)S(C)(=O)=O. The number of hydrogen-bond donors (Lipinski definition) is 0. The number of halogens is 4. The van der Waals surface area contributed by atoms with Crippen LogP contribution in [0.25, 0.3) is 0 Å². The number of amides is 1. The first-order valence-corrected chi connectivity index (χ1v) is 7.37. The van der Waals surface area contributed by atoms with Crippen LogP contribution in [0, 0.1) is 0 Å². The first-order chi connectivity index (χ1) is 7.83. The molecule has 0 fully saturated rings. The van der Waals surface area contributed by atoms with E-state index in [0.717, 1.165) is 20.1 Å². The van der Waals surface area contributed by atoms with Gasteiger partial charge in [0.15, 0.2) is 9.84 Å². The molecule has 0 saturated carbocycles. The van der Waals surface area contributed by atoms with E-state index in [0.29, 0.717) is 4.90 Å². The predicted molar refractivity (Wildman–Crippen MR) is 62.3 cm³/mol. The lowest BCUT2D eigenvalue weighted by Crippen LogP contribution is -2.52. The molecule has 0 aromatic rings. The Balaban J connectivity index is 5.22. The van der Waals surface area contributed by atoms with Crippen LogP contribution in [0.4, 0.5) is 13.2 Å². The van der Waals surface area contributed by atoms with Crippen molar-refractivity contribution in [2.45, 2.75) is 24.8 Å². The minimum absolute atomic E-state index is 0.207. The third kappa shape index (κ3) is 4.64. The molecular weight excluding hydrogens is 295 g/mol. The fraction of sp³-hybridized carbons (Fsp3) is 0.889. The third-order valence-electron chi connectivity index (χ3n) is 2.45. The number of sulfone groups is 1. The Hall–Kier alpha value is -0.500. The van der Waals surface area contributed by atoms with Gasteiger partial charge in [-0.15, -0.1) is 11.6 Å². The summed E-state index contributed by atoms with van der Waals surface area (Å²) in [5.41, 5.74) is 0. The van der Waals surface area contributed by atoms with Crippen molar-refractivity contribution in [1.29, 1.82) is 0 Å². The summed E-state index contributed by atoms with van der Waals surface area (Å²) in [5, 5.41) is 0. The van der Waals surface area contributed by atoms with Crippen molar-refractivity contribution < 1.29 is 26.4 Å². The number of carbonyl (C=O) groups is 1. The Morgan fingerprint density at radius 3 is 2.00 bits per heavy atom. The topological polar surface area (TPSA) is 54.5 Å². The molecule has 0 heterocycles. The molecule has 0 bridgehead atoms. The second-order valence-corrected chi connectivity index (χ2v) is 7.26. The van der Waals surface area contributed by atoms with Crippen molar-refractivity contribution in [1.82, 2.24) is 4.90 Å². The summed E-state index contributed by atoms with van der Waals surface area (Å²) >= 11 is 5.32. The highest BCUT2D eigenvalue weighted by atomic mass is 35.5. The molecule has 18 heavy (non-hydrogen) atoms. The molecule has 9 heteroatoms. The van der Waals surface area contributed by atoms with Gasteiger partial charge in [-0.1, -0.05) is 0 Å². The van der Waals surface area contributed by atoms with Crippen molar-refractivity contribution in [2.75, 3.05) is 25.2 Å². The zero-order valence-electron chi connectivity index (χ0n) is 10.2. The van der Waals surface area contributed by atoms with Gasteiger partial charge in [0.1, 0.15) is 11.3 Å². The van der Waals surface area contributed by atoms with Gasteiger partial charge in [0.05, 0.1) is 0 Å². The minimum Gasteiger partial charge on any atom is -0.331 e. The Morgan fingerprint density at radius 2 is 1.72 bits per heavy atom. The lowest BCUT2D eigenvalue weighted by atomic mass is 10.1. The largest absolute Gasteiger partial charge is 0.406 e. The minimum atomic E-state index is -4.60. The van der Waals surface area contributed by atoms with Gasteiger partial charge in [0, 0.05) is 18.7 Å². The summed E-state index contributed by atoms with van der Waals surface area (Å²) in [5.74, 6) is -1.32. The van der Waals surface area contributed by atoms with Gasteiger partial charge < -0.3 is 4.90 Å². The van der Waals surface area contributed by atoms with Crippen molar-refractivity contribution in [3.8, 4) is 0 Å². The van der Waals surface area contributed by atoms with Crippen LogP contribution in [0.5, 0.6) is 0 Å². The van der Waals surface area contributed by atoms with Crippen LogP contribution >= 0.6 is 11.6 Å². The number of nitrogens with zero attached hydrogens (tertiary/aromatic N) is 1. The molecule has 0 aliphatic rings. The summed E-state index contributed by atoms with van der Waals surface area (Å²) < 4.78 is 57.8. The number of alkyl halides is 4. The first-order valence-electron chi connectivity index (χ1n) is 4.94. The molecule has 0 rings (SSSR count). The molecule has 0 radical (unpaired) electrons. The lowest BCUT2D eigenvalue weighted by Gasteiger charge is -2.30. The van der Waals surface area contributed by atoms with E-state index in [1.165, 1.54) is 0 Å². The zero-order valence-corrected chi connectivity index (χ0v) is 11.8. The quantitative estimate of drug-likeness (QED) is 0.722. The Kier molecular flexibility index (Phi) is 5.49. The normalized spacial score (nSPS) is 13.5. The van der Waals surface area contributed by atoms with Crippen molar-refractivity contribution in [2.24, 2.45) is 0 Å². The van der Waals surface area contributed by atoms with E-state index in [9.17, 15) is 26.4 Å². The highest BCUT2D eigenvalue weighted by Gasteiger charge is 2.44. The van der Waals surface area contributed by atoms with Gasteiger partial charge in [0.25, 0.3) is 0 Å². The average Bonchev–Trinajstić information content (AvgIpc) is 2.12. The monoisotopic (exact) mass is 309 g/mol. The van der Waals surface area contributed by atoms with Crippen LogP contribution in [0.15, 0.2) is 0 Å². The van der Waals surface area contributed by atoms with Gasteiger partial charge >= 0.3 is 6.18 Å². The van der Waals surface area contributed by atoms with Crippen LogP contribution < -0.4 is 0 Å². The zero-order chi connectivity index (χ0) is 14.8. The second kappa shape index (κ2) is 5.64. The van der Waals surface area contributed by atoms with Crippen molar-refractivity contribution in [3.63, 3.8) is 0 Å². The molecule has 0 N–H and O–H groups in total. The fourth-order valence-corrected chi connectivity index (χ4v) is 1.76. The third-order valence-corrected chi connectivity index (χ3v) is 4.65. The summed E-state index contributed by atoms with van der Waals surface area (Å²) in [6, 6.07) is 0. The van der Waals surface area contributed by atoms with E-state index in [-0.39, 0.29) is 12.4 Å². The summed E-state index contributed by atoms with van der Waals surface area (Å²) in [4.78, 5) is 12.3. The molecule has 1 amide bonds. The van der Waals surface area contributed by atoms with Crippen LogP contribution in [0.3, 0.4) is 0 Å². The second-order valence-electron chi connectivity index (χ2n) is 4.31. The average molecular weight is 310 g/mol. The molecule has 0 atom stereocenters. The number of hydrogen-bond acceptors (Lipinski definition) is 3. The van der Waals surface area contributed by atoms with Crippen LogP contribution in [-0.4, -0.2) is 55.4 Å². The van der Waals surface area contributed by atoms with E-state index in [1.54, 1.807) is 0 Å². The fourth-order valence-electron chi connectivity index (χ4n) is 1.11. The maximum Gasteiger partial charge on any atom is 0.406 e. The van der Waals surface area contributed by atoms with Gasteiger partial charge in [-0.3, -0.25) is 4.79 Å². The van der Waals surface area contributed by atoms with Crippen LogP contribution in [0.1, 0.15) is 13.8 Å². The molecular formula is C9H15ClF3NO3S. The highest BCUT2D eigenvalue weighted by Crippen LogP contribution is 2.23. The smallest absolute Gasteiger partial charge is 0.331 e. The van der Waals surface area contributed by atoms with Gasteiger partial charge in [-0.2, -0.15) is 13.2 Å². The predicted octanol–water partition coefficient (Wildman–Crippen LogP) is 1.44. The van der Waals surface area contributed by atoms with E-state index < -0.39 is 33.2 Å². The van der Waals surface area contributed by atoms with Crippen molar-refractivity contribution in [3.05, 3.63) is 0 Å². The van der Waals surface area contributed by atoms with E-state index in [1.807, 2.05) is 0 Å². The number of rotatable bonds is 5. The van der Waals surface area contributed by atoms with Gasteiger partial charge in [-0.05, 0) is 13.8 Å². The maximum absolute atomic E-state index is 12.3. The molecule has 0 unspecified atom stereocenters. The summed E-state index contributed by atoms with van der Waals surface area (Å²) in [6.45, 7) is 0.265. The lowest BCUT2D eigenvalue weighted by molar-refractivity contribution is -0.161. The Labute approximate surface area is 109 Å². The molecule has 0 saturated heterocycles. The molecule has 0 aromatic heterocycles. The molecule has 0 aromatic carbocycles. The van der Waals surface area contributed by atoms with Gasteiger partial charge in [-0.25, -0.2) is 8.42 Å². The highest BCUT2D eigenvalue weighted by molar-refractivity contribution is 7.92. The molecule has 0 aliphatic heterocycles. The summed E-state index contributed by atoms with van der Waals surface area (Å²) in [7, 11) is -3.82. The van der Waals surface area contributed by atoms with E-state index >= 15 is 0 Å². The first kappa shape index (κ1) is 17.5. The van der Waals surface area contributed by atoms with Gasteiger partial charge in [0.2, 0.25) is 5.91 Å². The molecule has 0 spiro atoms. The van der Waals surface area contributed by atoms with Crippen LogP contribution in [-0.2, 0) is 14.6 Å². The van der Waals surface area contributed by atoms with Crippen LogP contribution in [0.2, 0.25) is 0 Å². The van der Waals surface area contributed by atoms with E-state index in [4.69, 9.17) is 11.6 Å². The number of carbonyl (C=O) groups excluding carboxylic acids is 1. The maximum atomic E-state index is 12.3.